The summed E-state index contributed by atoms with van der Waals surface area (Å²) in [7, 11) is 0. The molecule has 7 heteroatoms. The van der Waals surface area contributed by atoms with E-state index in [0.717, 1.165) is 5.56 Å². The molecule has 1 heterocycles. The summed E-state index contributed by atoms with van der Waals surface area (Å²) >= 11 is 6.08. The first-order valence-corrected chi connectivity index (χ1v) is 9.58. The molecule has 2 N–H and O–H groups in total. The Morgan fingerprint density at radius 2 is 1.75 bits per heavy atom. The zero-order chi connectivity index (χ0) is 20.1. The zero-order valence-corrected chi connectivity index (χ0v) is 16.4. The number of halogens is 2. The van der Waals surface area contributed by atoms with E-state index in [-0.39, 0.29) is 17.8 Å². The second-order valence-corrected chi connectivity index (χ2v) is 7.67. The lowest BCUT2D eigenvalue weighted by Crippen LogP contribution is -2.49. The summed E-state index contributed by atoms with van der Waals surface area (Å²) in [5.41, 5.74) is 0.871. The van der Waals surface area contributed by atoms with Gasteiger partial charge < -0.3 is 15.5 Å². The van der Waals surface area contributed by atoms with Crippen molar-refractivity contribution in [3.05, 3.63) is 64.9 Å². The van der Waals surface area contributed by atoms with Crippen LogP contribution >= 0.6 is 11.6 Å². The van der Waals surface area contributed by atoms with Crippen molar-refractivity contribution in [1.82, 2.24) is 10.2 Å². The quantitative estimate of drug-likeness (QED) is 0.793. The van der Waals surface area contributed by atoms with Crippen LogP contribution in [0.4, 0.5) is 14.9 Å². The normalized spacial score (nSPS) is 15.8. The largest absolute Gasteiger partial charge is 0.352 e. The van der Waals surface area contributed by atoms with Crippen molar-refractivity contribution < 1.29 is 14.0 Å². The predicted octanol–water partition coefficient (Wildman–Crippen LogP) is 4.43. The third-order valence-corrected chi connectivity index (χ3v) is 5.51. The third-order valence-electron chi connectivity index (χ3n) is 5.18. The molecule has 1 saturated heterocycles. The lowest BCUT2D eigenvalue weighted by atomic mass is 9.79. The van der Waals surface area contributed by atoms with Crippen LogP contribution in [-0.2, 0) is 11.3 Å². The number of hydrogen-bond acceptors (Lipinski definition) is 2. The summed E-state index contributed by atoms with van der Waals surface area (Å²) in [6.07, 6.45) is 1.14. The number of nitrogens with one attached hydrogen (secondary N) is 2. The van der Waals surface area contributed by atoms with Gasteiger partial charge in [-0.15, -0.1) is 0 Å². The van der Waals surface area contributed by atoms with Crippen molar-refractivity contribution in [1.29, 1.82) is 0 Å². The Labute approximate surface area is 168 Å². The van der Waals surface area contributed by atoms with Crippen LogP contribution in [0, 0.1) is 11.2 Å². The van der Waals surface area contributed by atoms with Gasteiger partial charge in [-0.3, -0.25) is 4.79 Å². The lowest BCUT2D eigenvalue weighted by Gasteiger charge is -2.38. The van der Waals surface area contributed by atoms with E-state index in [1.165, 1.54) is 12.1 Å². The minimum absolute atomic E-state index is 0.0528. The number of benzene rings is 2. The number of amides is 3. The maximum Gasteiger partial charge on any atom is 0.321 e. The molecule has 0 atom stereocenters. The molecule has 0 unspecified atom stereocenters. The Kier molecular flexibility index (Phi) is 6.19. The van der Waals surface area contributed by atoms with E-state index < -0.39 is 5.41 Å². The zero-order valence-electron chi connectivity index (χ0n) is 15.7. The minimum atomic E-state index is -0.540. The van der Waals surface area contributed by atoms with Gasteiger partial charge in [0.1, 0.15) is 5.82 Å². The van der Waals surface area contributed by atoms with E-state index in [0.29, 0.717) is 43.2 Å². The van der Waals surface area contributed by atoms with Gasteiger partial charge in [0.2, 0.25) is 5.91 Å². The highest BCUT2D eigenvalue weighted by Crippen LogP contribution is 2.32. The molecule has 0 radical (unpaired) electrons. The molecule has 1 fully saturated rings. The average Bonchev–Trinajstić information content (AvgIpc) is 2.69. The number of rotatable bonds is 4. The average molecular weight is 404 g/mol. The molecule has 0 aliphatic carbocycles. The number of anilines is 1. The van der Waals surface area contributed by atoms with E-state index in [9.17, 15) is 14.0 Å². The van der Waals surface area contributed by atoms with Crippen molar-refractivity contribution in [3.63, 3.8) is 0 Å². The summed E-state index contributed by atoms with van der Waals surface area (Å²) in [4.78, 5) is 26.8. The number of urea groups is 1. The molecule has 5 nitrogen and oxygen atoms in total. The highest BCUT2D eigenvalue weighted by Gasteiger charge is 2.38. The summed E-state index contributed by atoms with van der Waals surface area (Å²) < 4.78 is 13.0. The van der Waals surface area contributed by atoms with Crippen LogP contribution in [-0.4, -0.2) is 29.9 Å². The Morgan fingerprint density at radius 3 is 2.39 bits per heavy atom. The molecule has 0 bridgehead atoms. The molecular formula is C21H23ClFN3O2. The molecule has 1 aliphatic rings. The van der Waals surface area contributed by atoms with Gasteiger partial charge in [0.25, 0.3) is 0 Å². The molecule has 0 aromatic heterocycles. The van der Waals surface area contributed by atoms with Crippen LogP contribution in [0.1, 0.15) is 25.3 Å². The summed E-state index contributed by atoms with van der Waals surface area (Å²) in [5, 5.41) is 6.22. The number of nitrogens with zero attached hydrogens (tertiary/aromatic N) is 1. The first-order valence-electron chi connectivity index (χ1n) is 9.21. The summed E-state index contributed by atoms with van der Waals surface area (Å²) in [6, 6.07) is 12.9. The number of hydrogen-bond donors (Lipinski definition) is 2. The smallest absolute Gasteiger partial charge is 0.321 e. The molecule has 28 heavy (non-hydrogen) atoms. The lowest BCUT2D eigenvalue weighted by molar-refractivity contribution is -0.132. The molecule has 3 rings (SSSR count). The molecule has 148 valence electrons. The van der Waals surface area contributed by atoms with Gasteiger partial charge in [-0.2, -0.15) is 0 Å². The maximum atomic E-state index is 13.0. The van der Waals surface area contributed by atoms with Gasteiger partial charge in [0.05, 0.1) is 10.7 Å². The summed E-state index contributed by atoms with van der Waals surface area (Å²) in [5.74, 6) is -0.354. The molecule has 0 spiro atoms. The number of piperidine rings is 1. The molecule has 2 aromatic carbocycles. The van der Waals surface area contributed by atoms with E-state index >= 15 is 0 Å². The molecular weight excluding hydrogens is 381 g/mol. The van der Waals surface area contributed by atoms with Crippen molar-refractivity contribution in [2.75, 3.05) is 18.4 Å². The first kappa shape index (κ1) is 20.1. The number of carbonyl (C=O) groups excluding carboxylic acids is 2. The molecule has 3 amide bonds. The Balaban J connectivity index is 1.51. The van der Waals surface area contributed by atoms with Gasteiger partial charge in [-0.05, 0) is 42.7 Å². The van der Waals surface area contributed by atoms with Crippen molar-refractivity contribution in [3.8, 4) is 0 Å². The Hall–Kier alpha value is -2.60. The van der Waals surface area contributed by atoms with Gasteiger partial charge >= 0.3 is 6.03 Å². The SMILES string of the molecule is CC1(C(=O)NCc2ccc(F)cc2)CCN(C(=O)Nc2ccccc2Cl)CC1. The summed E-state index contributed by atoms with van der Waals surface area (Å²) in [6.45, 7) is 3.23. The molecule has 1 aliphatic heterocycles. The van der Waals surface area contributed by atoms with Crippen molar-refractivity contribution >= 4 is 29.2 Å². The monoisotopic (exact) mass is 403 g/mol. The fourth-order valence-electron chi connectivity index (χ4n) is 3.19. The molecule has 0 saturated carbocycles. The maximum absolute atomic E-state index is 13.0. The number of para-hydroxylation sites is 1. The second-order valence-electron chi connectivity index (χ2n) is 7.27. The van der Waals surface area contributed by atoms with E-state index in [2.05, 4.69) is 10.6 Å². The van der Waals surface area contributed by atoms with E-state index in [1.54, 1.807) is 41.3 Å². The Bertz CT molecular complexity index is 849. The predicted molar refractivity (Wildman–Crippen MR) is 108 cm³/mol. The molecule has 2 aromatic rings. The highest BCUT2D eigenvalue weighted by atomic mass is 35.5. The van der Waals surface area contributed by atoms with Gasteiger partial charge in [-0.1, -0.05) is 42.8 Å². The van der Waals surface area contributed by atoms with Crippen LogP contribution < -0.4 is 10.6 Å². The van der Waals surface area contributed by atoms with E-state index in [4.69, 9.17) is 11.6 Å². The van der Waals surface area contributed by atoms with Crippen molar-refractivity contribution in [2.24, 2.45) is 5.41 Å². The third kappa shape index (κ3) is 4.81. The van der Waals surface area contributed by atoms with Crippen LogP contribution in [0.5, 0.6) is 0 Å². The number of likely N-dealkylation sites (tertiary alicyclic amines) is 1. The van der Waals surface area contributed by atoms with Gasteiger partial charge in [0, 0.05) is 25.0 Å². The van der Waals surface area contributed by atoms with Gasteiger partial charge in [-0.25, -0.2) is 9.18 Å². The van der Waals surface area contributed by atoms with Crippen LogP contribution in [0.15, 0.2) is 48.5 Å². The highest BCUT2D eigenvalue weighted by molar-refractivity contribution is 6.33. The Morgan fingerprint density at radius 1 is 1.11 bits per heavy atom. The van der Waals surface area contributed by atoms with E-state index in [1.807, 2.05) is 6.92 Å². The minimum Gasteiger partial charge on any atom is -0.352 e. The van der Waals surface area contributed by atoms with Crippen molar-refractivity contribution in [2.45, 2.75) is 26.3 Å². The first-order chi connectivity index (χ1) is 13.4. The van der Waals surface area contributed by atoms with Crippen LogP contribution in [0.2, 0.25) is 5.02 Å². The fraction of sp³-hybridized carbons (Fsp3) is 0.333. The number of carbonyl (C=O) groups is 2. The topological polar surface area (TPSA) is 61.4 Å². The second kappa shape index (κ2) is 8.61. The fourth-order valence-corrected chi connectivity index (χ4v) is 3.37. The standard InChI is InChI=1S/C21H23ClFN3O2/c1-21(19(27)24-14-15-6-8-16(23)9-7-15)10-12-26(13-11-21)20(28)25-18-5-3-2-4-17(18)22/h2-9H,10-14H2,1H3,(H,24,27)(H,25,28). The van der Waals surface area contributed by atoms with Gasteiger partial charge in [0.15, 0.2) is 0 Å². The van der Waals surface area contributed by atoms with Crippen LogP contribution in [0.25, 0.3) is 0 Å². The van der Waals surface area contributed by atoms with Crippen LogP contribution in [0.3, 0.4) is 0 Å².